The van der Waals surface area contributed by atoms with Crippen LogP contribution in [0.3, 0.4) is 0 Å². The average Bonchev–Trinajstić information content (AvgIpc) is 2.98. The van der Waals surface area contributed by atoms with Crippen LogP contribution in [-0.2, 0) is 4.79 Å². The second-order valence-corrected chi connectivity index (χ2v) is 5.22. The highest BCUT2D eigenvalue weighted by molar-refractivity contribution is 5.79. The van der Waals surface area contributed by atoms with Gasteiger partial charge in [-0.15, -0.1) is 0 Å². The Morgan fingerprint density at radius 3 is 2.50 bits per heavy atom. The molecular weight excluding hydrogens is 202 g/mol. The number of hydrogen-bond donors (Lipinski definition) is 2. The molecule has 2 N–H and O–H groups in total. The standard InChI is InChI=1S/C13H21NO2/c15-10-13(7-3-4-8-13)9-14-12(16)11-5-1-2-6-11/h1-2,11,15H,3-10H2,(H,14,16). The molecule has 2 aliphatic carbocycles. The van der Waals surface area contributed by atoms with Crippen LogP contribution < -0.4 is 5.32 Å². The van der Waals surface area contributed by atoms with Gasteiger partial charge >= 0.3 is 0 Å². The molecule has 3 heteroatoms. The monoisotopic (exact) mass is 223 g/mol. The molecule has 2 aliphatic rings. The van der Waals surface area contributed by atoms with E-state index in [4.69, 9.17) is 0 Å². The molecule has 0 aromatic heterocycles. The molecule has 1 amide bonds. The van der Waals surface area contributed by atoms with Gasteiger partial charge in [-0.25, -0.2) is 0 Å². The first-order valence-corrected chi connectivity index (χ1v) is 6.29. The Balaban J connectivity index is 1.79. The minimum atomic E-state index is -0.0261. The van der Waals surface area contributed by atoms with Crippen LogP contribution in [0.25, 0.3) is 0 Å². The predicted octanol–water partition coefficient (Wildman–Crippen LogP) is 1.62. The summed E-state index contributed by atoms with van der Waals surface area (Å²) >= 11 is 0. The van der Waals surface area contributed by atoms with Crippen molar-refractivity contribution in [3.05, 3.63) is 12.2 Å². The second-order valence-electron chi connectivity index (χ2n) is 5.22. The highest BCUT2D eigenvalue weighted by Gasteiger charge is 2.34. The lowest BCUT2D eigenvalue weighted by atomic mass is 9.87. The molecule has 0 atom stereocenters. The Bertz CT molecular complexity index is 272. The number of aliphatic hydroxyl groups is 1. The number of aliphatic hydroxyl groups excluding tert-OH is 1. The van der Waals surface area contributed by atoms with Crippen LogP contribution in [0.1, 0.15) is 38.5 Å². The van der Waals surface area contributed by atoms with E-state index in [9.17, 15) is 9.90 Å². The predicted molar refractivity (Wildman–Crippen MR) is 62.9 cm³/mol. The first-order chi connectivity index (χ1) is 7.76. The van der Waals surface area contributed by atoms with Crippen molar-refractivity contribution in [3.8, 4) is 0 Å². The maximum absolute atomic E-state index is 11.8. The zero-order chi connectivity index (χ0) is 11.4. The van der Waals surface area contributed by atoms with Gasteiger partial charge in [0.05, 0.1) is 6.61 Å². The topological polar surface area (TPSA) is 49.3 Å². The molecule has 16 heavy (non-hydrogen) atoms. The Morgan fingerprint density at radius 1 is 1.31 bits per heavy atom. The van der Waals surface area contributed by atoms with E-state index >= 15 is 0 Å². The van der Waals surface area contributed by atoms with E-state index in [-0.39, 0.29) is 23.8 Å². The van der Waals surface area contributed by atoms with E-state index in [1.54, 1.807) is 0 Å². The summed E-state index contributed by atoms with van der Waals surface area (Å²) in [6, 6.07) is 0. The van der Waals surface area contributed by atoms with Crippen LogP contribution >= 0.6 is 0 Å². The summed E-state index contributed by atoms with van der Waals surface area (Å²) in [5, 5.41) is 12.5. The van der Waals surface area contributed by atoms with Crippen LogP contribution in [0.5, 0.6) is 0 Å². The molecule has 0 saturated heterocycles. The van der Waals surface area contributed by atoms with Gasteiger partial charge in [0, 0.05) is 17.9 Å². The van der Waals surface area contributed by atoms with E-state index in [0.29, 0.717) is 6.54 Å². The van der Waals surface area contributed by atoms with Crippen molar-refractivity contribution in [2.45, 2.75) is 38.5 Å². The largest absolute Gasteiger partial charge is 0.396 e. The zero-order valence-electron chi connectivity index (χ0n) is 9.74. The molecule has 0 radical (unpaired) electrons. The third-order valence-electron chi connectivity index (χ3n) is 4.02. The molecule has 3 nitrogen and oxygen atoms in total. The number of allylic oxidation sites excluding steroid dienone is 2. The summed E-state index contributed by atoms with van der Waals surface area (Å²) in [5.41, 5.74) is -0.0261. The molecule has 0 heterocycles. The van der Waals surface area contributed by atoms with Crippen molar-refractivity contribution in [1.29, 1.82) is 0 Å². The van der Waals surface area contributed by atoms with E-state index in [2.05, 4.69) is 17.5 Å². The quantitative estimate of drug-likeness (QED) is 0.712. The first-order valence-electron chi connectivity index (χ1n) is 6.29. The van der Waals surface area contributed by atoms with Crippen LogP contribution in [0.2, 0.25) is 0 Å². The van der Waals surface area contributed by atoms with Gasteiger partial charge < -0.3 is 10.4 Å². The lowest BCUT2D eigenvalue weighted by Crippen LogP contribution is -2.40. The van der Waals surface area contributed by atoms with Gasteiger partial charge in [0.1, 0.15) is 0 Å². The molecule has 0 spiro atoms. The van der Waals surface area contributed by atoms with Gasteiger partial charge in [-0.2, -0.15) is 0 Å². The number of rotatable bonds is 4. The van der Waals surface area contributed by atoms with Crippen molar-refractivity contribution in [2.75, 3.05) is 13.2 Å². The lowest BCUT2D eigenvalue weighted by molar-refractivity contribution is -0.125. The molecule has 0 unspecified atom stereocenters. The summed E-state index contributed by atoms with van der Waals surface area (Å²) in [7, 11) is 0. The third-order valence-corrected chi connectivity index (χ3v) is 4.02. The lowest BCUT2D eigenvalue weighted by Gasteiger charge is -2.27. The molecule has 1 fully saturated rings. The van der Waals surface area contributed by atoms with Crippen LogP contribution in [0.15, 0.2) is 12.2 Å². The fourth-order valence-corrected chi connectivity index (χ4v) is 2.77. The molecule has 1 saturated carbocycles. The highest BCUT2D eigenvalue weighted by atomic mass is 16.3. The van der Waals surface area contributed by atoms with Crippen LogP contribution in [-0.4, -0.2) is 24.2 Å². The minimum Gasteiger partial charge on any atom is -0.396 e. The van der Waals surface area contributed by atoms with Crippen molar-refractivity contribution in [1.82, 2.24) is 5.32 Å². The second kappa shape index (κ2) is 5.00. The fraction of sp³-hybridized carbons (Fsp3) is 0.769. The number of hydrogen-bond acceptors (Lipinski definition) is 2. The van der Waals surface area contributed by atoms with Crippen molar-refractivity contribution < 1.29 is 9.90 Å². The van der Waals surface area contributed by atoms with Crippen molar-refractivity contribution in [3.63, 3.8) is 0 Å². The highest BCUT2D eigenvalue weighted by Crippen LogP contribution is 2.37. The van der Waals surface area contributed by atoms with E-state index in [1.807, 2.05) is 0 Å². The average molecular weight is 223 g/mol. The minimum absolute atomic E-state index is 0.0261. The zero-order valence-corrected chi connectivity index (χ0v) is 9.74. The van der Waals surface area contributed by atoms with Gasteiger partial charge in [-0.1, -0.05) is 25.0 Å². The van der Waals surface area contributed by atoms with Gasteiger partial charge in [-0.3, -0.25) is 4.79 Å². The van der Waals surface area contributed by atoms with Crippen LogP contribution in [0.4, 0.5) is 0 Å². The summed E-state index contributed by atoms with van der Waals surface area (Å²) in [4.78, 5) is 11.8. The van der Waals surface area contributed by atoms with Gasteiger partial charge in [0.15, 0.2) is 0 Å². The van der Waals surface area contributed by atoms with Gasteiger partial charge in [0.25, 0.3) is 0 Å². The van der Waals surface area contributed by atoms with Gasteiger partial charge in [-0.05, 0) is 25.7 Å². The molecule has 2 rings (SSSR count). The smallest absolute Gasteiger partial charge is 0.223 e. The number of carbonyl (C=O) groups is 1. The normalized spacial score (nSPS) is 23.8. The van der Waals surface area contributed by atoms with Gasteiger partial charge in [0.2, 0.25) is 5.91 Å². The molecule has 0 bridgehead atoms. The summed E-state index contributed by atoms with van der Waals surface area (Å²) in [5.74, 6) is 0.293. The molecule has 90 valence electrons. The summed E-state index contributed by atoms with van der Waals surface area (Å²) in [6.45, 7) is 0.856. The maximum atomic E-state index is 11.8. The summed E-state index contributed by atoms with van der Waals surface area (Å²) in [6.07, 6.45) is 10.3. The Labute approximate surface area is 96.9 Å². The van der Waals surface area contributed by atoms with E-state index in [1.165, 1.54) is 12.8 Å². The number of nitrogens with one attached hydrogen (secondary N) is 1. The fourth-order valence-electron chi connectivity index (χ4n) is 2.77. The summed E-state index contributed by atoms with van der Waals surface area (Å²) < 4.78 is 0. The Kier molecular flexibility index (Phi) is 3.64. The molecular formula is C13H21NO2. The van der Waals surface area contributed by atoms with Crippen molar-refractivity contribution in [2.24, 2.45) is 11.3 Å². The first kappa shape index (κ1) is 11.6. The van der Waals surface area contributed by atoms with Crippen LogP contribution in [0, 0.1) is 11.3 Å². The maximum Gasteiger partial charge on any atom is 0.223 e. The Morgan fingerprint density at radius 2 is 1.94 bits per heavy atom. The third kappa shape index (κ3) is 2.46. The molecule has 0 aromatic carbocycles. The Hall–Kier alpha value is -0.830. The van der Waals surface area contributed by atoms with E-state index in [0.717, 1.165) is 25.7 Å². The van der Waals surface area contributed by atoms with Crippen molar-refractivity contribution >= 4 is 5.91 Å². The number of carbonyl (C=O) groups excluding carboxylic acids is 1. The SMILES string of the molecule is O=C(NCC1(CO)CCCC1)C1CC=CC1. The number of amides is 1. The van der Waals surface area contributed by atoms with E-state index < -0.39 is 0 Å². The molecule has 0 aliphatic heterocycles. The molecule has 0 aromatic rings.